The molecule has 2 aromatic rings. The SMILES string of the molecule is CCNC(=NCc1ccn(C)c1)NCC(C)Oc1cccc(OC)c1.I. The van der Waals surface area contributed by atoms with Crippen LogP contribution in [0.2, 0.25) is 0 Å². The van der Waals surface area contributed by atoms with E-state index in [2.05, 4.69) is 34.8 Å². The maximum atomic E-state index is 5.92. The van der Waals surface area contributed by atoms with Crippen molar-refractivity contribution in [2.24, 2.45) is 12.0 Å². The van der Waals surface area contributed by atoms with Crippen molar-refractivity contribution in [1.82, 2.24) is 15.2 Å². The number of rotatable bonds is 8. The standard InChI is InChI=1S/C19H28N4O2.HI/c1-5-20-19(22-13-16-9-10-23(3)14-16)21-12-15(2)25-18-8-6-7-17(11-18)24-4;/h6-11,14-15H,5,12-13H2,1-4H3,(H2,20,21,22);1H. The first-order chi connectivity index (χ1) is 12.1. The molecule has 0 spiro atoms. The molecule has 0 aliphatic rings. The molecule has 1 aromatic heterocycles. The van der Waals surface area contributed by atoms with Gasteiger partial charge in [0.05, 0.1) is 20.2 Å². The molecule has 0 bridgehead atoms. The summed E-state index contributed by atoms with van der Waals surface area (Å²) < 4.78 is 13.2. The summed E-state index contributed by atoms with van der Waals surface area (Å²) in [5, 5.41) is 6.58. The van der Waals surface area contributed by atoms with Gasteiger partial charge in [0.25, 0.3) is 0 Å². The lowest BCUT2D eigenvalue weighted by Gasteiger charge is -2.18. The lowest BCUT2D eigenvalue weighted by Crippen LogP contribution is -2.41. The molecule has 1 aromatic carbocycles. The van der Waals surface area contributed by atoms with E-state index in [-0.39, 0.29) is 30.1 Å². The van der Waals surface area contributed by atoms with Crippen LogP contribution in [0.5, 0.6) is 11.5 Å². The van der Waals surface area contributed by atoms with E-state index in [1.165, 1.54) is 5.56 Å². The molecule has 7 heteroatoms. The van der Waals surface area contributed by atoms with Crippen LogP contribution in [0, 0.1) is 0 Å². The molecular weight excluding hydrogens is 443 g/mol. The Morgan fingerprint density at radius 2 is 2.00 bits per heavy atom. The van der Waals surface area contributed by atoms with E-state index in [0.29, 0.717) is 13.1 Å². The number of hydrogen-bond donors (Lipinski definition) is 2. The Morgan fingerprint density at radius 1 is 1.23 bits per heavy atom. The number of benzene rings is 1. The van der Waals surface area contributed by atoms with E-state index >= 15 is 0 Å². The van der Waals surface area contributed by atoms with E-state index in [1.807, 2.05) is 49.0 Å². The summed E-state index contributed by atoms with van der Waals surface area (Å²) in [5.74, 6) is 2.36. The van der Waals surface area contributed by atoms with Crippen molar-refractivity contribution in [3.63, 3.8) is 0 Å². The van der Waals surface area contributed by atoms with Crippen molar-refractivity contribution in [3.05, 3.63) is 48.3 Å². The lowest BCUT2D eigenvalue weighted by molar-refractivity contribution is 0.223. The minimum atomic E-state index is -0.00677. The largest absolute Gasteiger partial charge is 0.497 e. The third-order valence-electron chi connectivity index (χ3n) is 3.59. The summed E-state index contributed by atoms with van der Waals surface area (Å²) in [6, 6.07) is 9.69. The van der Waals surface area contributed by atoms with Gasteiger partial charge < -0.3 is 24.7 Å². The van der Waals surface area contributed by atoms with Crippen LogP contribution in [0.4, 0.5) is 0 Å². The first-order valence-electron chi connectivity index (χ1n) is 8.54. The van der Waals surface area contributed by atoms with Crippen molar-refractivity contribution in [2.45, 2.75) is 26.5 Å². The maximum absolute atomic E-state index is 5.92. The molecule has 0 radical (unpaired) electrons. The van der Waals surface area contributed by atoms with Crippen molar-refractivity contribution in [2.75, 3.05) is 20.2 Å². The lowest BCUT2D eigenvalue weighted by atomic mass is 10.3. The van der Waals surface area contributed by atoms with Crippen LogP contribution < -0.4 is 20.1 Å². The van der Waals surface area contributed by atoms with Crippen molar-refractivity contribution < 1.29 is 9.47 Å². The second-order valence-electron chi connectivity index (χ2n) is 5.87. The van der Waals surface area contributed by atoms with Gasteiger partial charge in [0, 0.05) is 32.1 Å². The zero-order chi connectivity index (χ0) is 18.1. The fourth-order valence-electron chi connectivity index (χ4n) is 2.36. The topological polar surface area (TPSA) is 59.8 Å². The predicted octanol–water partition coefficient (Wildman–Crippen LogP) is 3.17. The molecule has 0 aliphatic carbocycles. The van der Waals surface area contributed by atoms with Gasteiger partial charge in [0.15, 0.2) is 5.96 Å². The number of aliphatic imine (C=N–C) groups is 1. The van der Waals surface area contributed by atoms with E-state index < -0.39 is 0 Å². The fraction of sp³-hybridized carbons (Fsp3) is 0.421. The molecule has 2 N–H and O–H groups in total. The van der Waals surface area contributed by atoms with Gasteiger partial charge in [-0.3, -0.25) is 0 Å². The number of hydrogen-bond acceptors (Lipinski definition) is 3. The van der Waals surface area contributed by atoms with Crippen LogP contribution in [-0.2, 0) is 13.6 Å². The van der Waals surface area contributed by atoms with Crippen LogP contribution in [0.3, 0.4) is 0 Å². The summed E-state index contributed by atoms with van der Waals surface area (Å²) >= 11 is 0. The van der Waals surface area contributed by atoms with E-state index in [0.717, 1.165) is 24.0 Å². The Kier molecular flexibility index (Phi) is 9.93. The Morgan fingerprint density at radius 3 is 2.65 bits per heavy atom. The zero-order valence-corrected chi connectivity index (χ0v) is 18.2. The van der Waals surface area contributed by atoms with Crippen LogP contribution in [0.15, 0.2) is 47.7 Å². The van der Waals surface area contributed by atoms with Gasteiger partial charge in [-0.15, -0.1) is 24.0 Å². The van der Waals surface area contributed by atoms with Crippen molar-refractivity contribution in [1.29, 1.82) is 0 Å². The van der Waals surface area contributed by atoms with Gasteiger partial charge in [-0.25, -0.2) is 4.99 Å². The molecule has 2 rings (SSSR count). The minimum Gasteiger partial charge on any atom is -0.497 e. The summed E-state index contributed by atoms with van der Waals surface area (Å²) in [6.07, 6.45) is 4.09. The van der Waals surface area contributed by atoms with Gasteiger partial charge in [-0.05, 0) is 37.6 Å². The summed E-state index contributed by atoms with van der Waals surface area (Å²) in [4.78, 5) is 4.61. The van der Waals surface area contributed by atoms with E-state index in [1.54, 1.807) is 7.11 Å². The number of methoxy groups -OCH3 is 1. The molecule has 0 aliphatic heterocycles. The molecule has 1 heterocycles. The third kappa shape index (κ3) is 7.55. The first-order valence-corrected chi connectivity index (χ1v) is 8.54. The van der Waals surface area contributed by atoms with Gasteiger partial charge in [-0.1, -0.05) is 6.07 Å². The van der Waals surface area contributed by atoms with Crippen LogP contribution in [-0.4, -0.2) is 36.8 Å². The molecule has 1 unspecified atom stereocenters. The highest BCUT2D eigenvalue weighted by Gasteiger charge is 2.07. The number of aromatic nitrogens is 1. The number of nitrogens with zero attached hydrogens (tertiary/aromatic N) is 2. The molecule has 1 atom stereocenters. The number of halogens is 1. The Labute approximate surface area is 173 Å². The minimum absolute atomic E-state index is 0. The quantitative estimate of drug-likeness (QED) is 0.352. The first kappa shape index (κ1) is 22.1. The number of ether oxygens (including phenoxy) is 2. The average Bonchev–Trinajstić information content (AvgIpc) is 3.03. The molecule has 26 heavy (non-hydrogen) atoms. The summed E-state index contributed by atoms with van der Waals surface area (Å²) in [7, 11) is 3.66. The van der Waals surface area contributed by atoms with Gasteiger partial charge in [0.1, 0.15) is 17.6 Å². The Balaban J connectivity index is 0.00000338. The highest BCUT2D eigenvalue weighted by atomic mass is 127. The molecular formula is C19H29IN4O2. The average molecular weight is 472 g/mol. The Bertz CT molecular complexity index is 688. The van der Waals surface area contributed by atoms with Crippen LogP contribution >= 0.6 is 24.0 Å². The van der Waals surface area contributed by atoms with E-state index in [9.17, 15) is 0 Å². The van der Waals surface area contributed by atoms with Gasteiger partial charge in [-0.2, -0.15) is 0 Å². The second-order valence-corrected chi connectivity index (χ2v) is 5.87. The highest BCUT2D eigenvalue weighted by molar-refractivity contribution is 14.0. The van der Waals surface area contributed by atoms with Gasteiger partial charge >= 0.3 is 0 Å². The number of aryl methyl sites for hydroxylation is 1. The molecule has 0 fully saturated rings. The summed E-state index contributed by atoms with van der Waals surface area (Å²) in [6.45, 7) is 6.17. The van der Waals surface area contributed by atoms with Crippen molar-refractivity contribution in [3.8, 4) is 11.5 Å². The number of nitrogens with one attached hydrogen (secondary N) is 2. The normalized spacial score (nSPS) is 12.1. The third-order valence-corrected chi connectivity index (χ3v) is 3.59. The van der Waals surface area contributed by atoms with Crippen molar-refractivity contribution >= 4 is 29.9 Å². The molecule has 0 saturated heterocycles. The van der Waals surface area contributed by atoms with E-state index in [4.69, 9.17) is 9.47 Å². The molecule has 144 valence electrons. The maximum Gasteiger partial charge on any atom is 0.191 e. The number of guanidine groups is 1. The highest BCUT2D eigenvalue weighted by Crippen LogP contribution is 2.19. The molecule has 0 amide bonds. The smallest absolute Gasteiger partial charge is 0.191 e. The van der Waals surface area contributed by atoms with Crippen LogP contribution in [0.1, 0.15) is 19.4 Å². The summed E-state index contributed by atoms with van der Waals surface area (Å²) in [5.41, 5.74) is 1.18. The zero-order valence-electron chi connectivity index (χ0n) is 15.9. The van der Waals surface area contributed by atoms with Gasteiger partial charge in [0.2, 0.25) is 0 Å². The Hall–Kier alpha value is -1.90. The monoisotopic (exact) mass is 472 g/mol. The van der Waals surface area contributed by atoms with Crippen LogP contribution in [0.25, 0.3) is 0 Å². The molecule has 6 nitrogen and oxygen atoms in total. The fourth-order valence-corrected chi connectivity index (χ4v) is 2.36. The molecule has 0 saturated carbocycles. The second kappa shape index (κ2) is 11.7. The predicted molar refractivity (Wildman–Crippen MR) is 117 cm³/mol.